The van der Waals surface area contributed by atoms with Gasteiger partial charge in [0.1, 0.15) is 22.4 Å². The molecule has 2 aromatic rings. The van der Waals surface area contributed by atoms with Crippen LogP contribution in [-0.4, -0.2) is 9.59 Å². The molecule has 6 heteroatoms. The lowest BCUT2D eigenvalue weighted by Crippen LogP contribution is -1.97. The van der Waals surface area contributed by atoms with Crippen LogP contribution in [0.2, 0.25) is 9.36 Å². The first kappa shape index (κ1) is 12.6. The van der Waals surface area contributed by atoms with E-state index < -0.39 is 0 Å². The van der Waals surface area contributed by atoms with Gasteiger partial charge in [0.25, 0.3) is 0 Å². The van der Waals surface area contributed by atoms with E-state index in [1.54, 1.807) is 0 Å². The molecule has 1 heterocycles. The Morgan fingerprint density at radius 1 is 1.24 bits per heavy atom. The third kappa shape index (κ3) is 2.89. The Bertz CT molecular complexity index is 519. The monoisotopic (exact) mass is 288 g/mol. The predicted molar refractivity (Wildman–Crippen MR) is 70.2 cm³/mol. The van der Waals surface area contributed by atoms with E-state index in [0.29, 0.717) is 16.6 Å². The molecule has 0 unspecified atom stereocenters. The van der Waals surface area contributed by atoms with Gasteiger partial charge in [0.15, 0.2) is 0 Å². The summed E-state index contributed by atoms with van der Waals surface area (Å²) < 4.78 is 9.91. The fourth-order valence-electron chi connectivity index (χ4n) is 1.42. The summed E-state index contributed by atoms with van der Waals surface area (Å²) in [6, 6.07) is 3.78. The topological polar surface area (TPSA) is 35.0 Å². The summed E-state index contributed by atoms with van der Waals surface area (Å²) in [6.45, 7) is 4.20. The van der Waals surface area contributed by atoms with Gasteiger partial charge in [0, 0.05) is 16.6 Å². The molecule has 90 valence electrons. The van der Waals surface area contributed by atoms with Crippen LogP contribution in [0.25, 0.3) is 0 Å². The second-order valence-electron chi connectivity index (χ2n) is 3.65. The smallest absolute Gasteiger partial charge is 0.141 e. The van der Waals surface area contributed by atoms with Gasteiger partial charge in [-0.2, -0.15) is 0 Å². The fraction of sp³-hybridized carbons (Fsp3) is 0.273. The van der Waals surface area contributed by atoms with E-state index in [9.17, 15) is 0 Å². The summed E-state index contributed by atoms with van der Waals surface area (Å²) in [7, 11) is 0. The van der Waals surface area contributed by atoms with Gasteiger partial charge in [-0.15, -0.1) is 5.10 Å². The van der Waals surface area contributed by atoms with E-state index in [1.165, 1.54) is 0 Å². The number of nitrogens with zero attached hydrogens (tertiary/aromatic N) is 2. The molecule has 1 aromatic carbocycles. The average molecular weight is 289 g/mol. The molecule has 0 amide bonds. The summed E-state index contributed by atoms with van der Waals surface area (Å²) >= 11 is 13.1. The van der Waals surface area contributed by atoms with Crippen molar-refractivity contribution in [3.63, 3.8) is 0 Å². The lowest BCUT2D eigenvalue weighted by molar-refractivity contribution is 0.301. The van der Waals surface area contributed by atoms with Crippen molar-refractivity contribution < 1.29 is 4.74 Å². The summed E-state index contributed by atoms with van der Waals surface area (Å²) in [5, 5.41) is 4.65. The van der Waals surface area contributed by atoms with Crippen LogP contribution in [-0.2, 0) is 6.61 Å². The maximum atomic E-state index is 6.08. The third-order valence-electron chi connectivity index (χ3n) is 2.29. The van der Waals surface area contributed by atoms with Crippen LogP contribution in [0, 0.1) is 13.8 Å². The Morgan fingerprint density at radius 2 is 1.88 bits per heavy atom. The Balaban J connectivity index is 2.12. The van der Waals surface area contributed by atoms with Gasteiger partial charge in [-0.25, -0.2) is 0 Å². The normalized spacial score (nSPS) is 10.6. The molecule has 0 saturated heterocycles. The van der Waals surface area contributed by atoms with Crippen LogP contribution < -0.4 is 4.74 Å². The van der Waals surface area contributed by atoms with Crippen molar-refractivity contribution >= 4 is 34.7 Å². The molecule has 0 aliphatic carbocycles. The number of rotatable bonds is 3. The first-order valence-corrected chi connectivity index (χ1v) is 6.47. The molecule has 0 bridgehead atoms. The number of aryl methyl sites for hydroxylation is 2. The van der Waals surface area contributed by atoms with Crippen LogP contribution in [0.15, 0.2) is 12.1 Å². The van der Waals surface area contributed by atoms with Gasteiger partial charge in [0.2, 0.25) is 0 Å². The number of aromatic nitrogens is 2. The van der Waals surface area contributed by atoms with Crippen molar-refractivity contribution in [1.82, 2.24) is 9.59 Å². The van der Waals surface area contributed by atoms with E-state index in [0.717, 1.165) is 33.4 Å². The van der Waals surface area contributed by atoms with Gasteiger partial charge in [-0.3, -0.25) is 0 Å². The van der Waals surface area contributed by atoms with Gasteiger partial charge in [0.05, 0.1) is 0 Å². The van der Waals surface area contributed by atoms with Crippen LogP contribution in [0.3, 0.4) is 0 Å². The first-order valence-electron chi connectivity index (χ1n) is 4.94. The zero-order valence-corrected chi connectivity index (χ0v) is 11.7. The standard InChI is InChI=1S/C11H10Cl2N2OS/c1-6-3-8(4-7(2)10(6)12)16-5-9-11(13)17-15-14-9/h3-4H,5H2,1-2H3. The third-order valence-corrected chi connectivity index (χ3v) is 3.88. The number of benzene rings is 1. The first-order chi connectivity index (χ1) is 8.08. The van der Waals surface area contributed by atoms with Gasteiger partial charge < -0.3 is 4.74 Å². The van der Waals surface area contributed by atoms with E-state index in [1.807, 2.05) is 26.0 Å². The Labute approximate surface area is 113 Å². The SMILES string of the molecule is Cc1cc(OCc2nnsc2Cl)cc(C)c1Cl. The lowest BCUT2D eigenvalue weighted by Gasteiger charge is -2.08. The molecular weight excluding hydrogens is 279 g/mol. The molecule has 0 radical (unpaired) electrons. The summed E-state index contributed by atoms with van der Waals surface area (Å²) in [4.78, 5) is 0. The van der Waals surface area contributed by atoms with Crippen LogP contribution in [0.1, 0.15) is 16.8 Å². The predicted octanol–water partition coefficient (Wildman–Crippen LogP) is 4.04. The highest BCUT2D eigenvalue weighted by Crippen LogP contribution is 2.27. The molecule has 0 aliphatic heterocycles. The van der Waals surface area contributed by atoms with E-state index in [2.05, 4.69) is 9.59 Å². The zero-order valence-electron chi connectivity index (χ0n) is 9.33. The molecule has 0 N–H and O–H groups in total. The quantitative estimate of drug-likeness (QED) is 0.855. The van der Waals surface area contributed by atoms with Crippen molar-refractivity contribution in [2.24, 2.45) is 0 Å². The fourth-order valence-corrected chi connectivity index (χ4v) is 2.13. The van der Waals surface area contributed by atoms with Crippen molar-refractivity contribution in [2.75, 3.05) is 0 Å². The summed E-state index contributed by atoms with van der Waals surface area (Å²) in [5.74, 6) is 0.758. The molecule has 3 nitrogen and oxygen atoms in total. The largest absolute Gasteiger partial charge is 0.487 e. The minimum Gasteiger partial charge on any atom is -0.487 e. The number of hydrogen-bond donors (Lipinski definition) is 0. The molecule has 0 saturated carbocycles. The van der Waals surface area contributed by atoms with Crippen LogP contribution in [0.4, 0.5) is 0 Å². The highest BCUT2D eigenvalue weighted by Gasteiger charge is 2.08. The maximum Gasteiger partial charge on any atom is 0.141 e. The van der Waals surface area contributed by atoms with Crippen molar-refractivity contribution in [3.05, 3.63) is 38.3 Å². The van der Waals surface area contributed by atoms with Gasteiger partial charge in [-0.1, -0.05) is 27.7 Å². The number of hydrogen-bond acceptors (Lipinski definition) is 4. The van der Waals surface area contributed by atoms with Crippen LogP contribution in [0.5, 0.6) is 5.75 Å². The van der Waals surface area contributed by atoms with Crippen molar-refractivity contribution in [1.29, 1.82) is 0 Å². The molecular formula is C11H10Cl2N2OS. The maximum absolute atomic E-state index is 6.08. The Morgan fingerprint density at radius 3 is 2.41 bits per heavy atom. The minimum atomic E-state index is 0.315. The van der Waals surface area contributed by atoms with Gasteiger partial charge in [-0.05, 0) is 37.1 Å². The van der Waals surface area contributed by atoms with E-state index >= 15 is 0 Å². The molecule has 17 heavy (non-hydrogen) atoms. The van der Waals surface area contributed by atoms with E-state index in [-0.39, 0.29) is 0 Å². The molecule has 0 atom stereocenters. The van der Waals surface area contributed by atoms with Crippen LogP contribution >= 0.6 is 34.7 Å². The Hall–Kier alpha value is -0.840. The van der Waals surface area contributed by atoms with E-state index in [4.69, 9.17) is 27.9 Å². The summed E-state index contributed by atoms with van der Waals surface area (Å²) in [5.41, 5.74) is 2.63. The number of ether oxygens (including phenoxy) is 1. The van der Waals surface area contributed by atoms with Crippen molar-refractivity contribution in [3.8, 4) is 5.75 Å². The molecule has 1 aromatic heterocycles. The lowest BCUT2D eigenvalue weighted by atomic mass is 10.1. The zero-order chi connectivity index (χ0) is 12.4. The molecule has 2 rings (SSSR count). The summed E-state index contributed by atoms with van der Waals surface area (Å²) in [6.07, 6.45) is 0. The molecule has 0 spiro atoms. The molecule has 0 aliphatic rings. The molecule has 0 fully saturated rings. The minimum absolute atomic E-state index is 0.315. The Kier molecular flexibility index (Phi) is 3.86. The second-order valence-corrected chi connectivity index (χ2v) is 5.39. The highest BCUT2D eigenvalue weighted by atomic mass is 35.5. The second kappa shape index (κ2) is 5.21. The highest BCUT2D eigenvalue weighted by molar-refractivity contribution is 7.10. The average Bonchev–Trinajstić information content (AvgIpc) is 2.69. The van der Waals surface area contributed by atoms with Gasteiger partial charge >= 0.3 is 0 Å². The van der Waals surface area contributed by atoms with Crippen molar-refractivity contribution in [2.45, 2.75) is 20.5 Å². The number of halogens is 2.